The van der Waals surface area contributed by atoms with Gasteiger partial charge in [0.1, 0.15) is 5.78 Å². The van der Waals surface area contributed by atoms with Crippen molar-refractivity contribution in [3.63, 3.8) is 0 Å². The van der Waals surface area contributed by atoms with Gasteiger partial charge in [0, 0.05) is 6.42 Å². The lowest BCUT2D eigenvalue weighted by Gasteiger charge is -2.26. The second-order valence-corrected chi connectivity index (χ2v) is 3.77. The van der Waals surface area contributed by atoms with Crippen molar-refractivity contribution in [1.82, 2.24) is 0 Å². The van der Waals surface area contributed by atoms with Crippen LogP contribution in [0.15, 0.2) is 0 Å². The molecule has 2 aliphatic heterocycles. The second kappa shape index (κ2) is 2.54. The average Bonchev–Trinajstić information content (AvgIpc) is 2.20. The molecule has 3 nitrogen and oxygen atoms in total. The van der Waals surface area contributed by atoms with Crippen molar-refractivity contribution in [2.45, 2.75) is 51.1 Å². The third-order valence-corrected chi connectivity index (χ3v) is 2.57. The summed E-state index contributed by atoms with van der Waals surface area (Å²) in [5, 5.41) is 0. The van der Waals surface area contributed by atoms with E-state index in [0.717, 1.165) is 6.42 Å². The average molecular weight is 170 g/mol. The summed E-state index contributed by atoms with van der Waals surface area (Å²) in [6.07, 6.45) is 2.02. The van der Waals surface area contributed by atoms with Crippen LogP contribution in [0.2, 0.25) is 0 Å². The highest BCUT2D eigenvalue weighted by molar-refractivity contribution is 5.80. The zero-order valence-electron chi connectivity index (χ0n) is 7.50. The van der Waals surface area contributed by atoms with Crippen LogP contribution in [0.25, 0.3) is 0 Å². The monoisotopic (exact) mass is 170 g/mol. The van der Waals surface area contributed by atoms with Gasteiger partial charge in [0.2, 0.25) is 0 Å². The first kappa shape index (κ1) is 8.20. The maximum absolute atomic E-state index is 11.2. The lowest BCUT2D eigenvalue weighted by Crippen LogP contribution is -2.35. The number of carbonyl (C=O) groups excluding carboxylic acids is 1. The summed E-state index contributed by atoms with van der Waals surface area (Å²) in [7, 11) is 0. The van der Waals surface area contributed by atoms with Gasteiger partial charge in [-0.1, -0.05) is 6.92 Å². The summed E-state index contributed by atoms with van der Waals surface area (Å²) >= 11 is 0. The number of hydrogen-bond acceptors (Lipinski definition) is 3. The minimum absolute atomic E-state index is 0.0150. The smallest absolute Gasteiger partial charge is 0.173 e. The summed E-state index contributed by atoms with van der Waals surface area (Å²) in [5.74, 6) is -0.342. The van der Waals surface area contributed by atoms with E-state index in [0.29, 0.717) is 12.8 Å². The number of ketones is 1. The van der Waals surface area contributed by atoms with Crippen LogP contribution >= 0.6 is 0 Å². The van der Waals surface area contributed by atoms with Crippen LogP contribution in [-0.4, -0.2) is 23.8 Å². The van der Waals surface area contributed by atoms with Crippen LogP contribution < -0.4 is 0 Å². The molecule has 0 aliphatic carbocycles. The lowest BCUT2D eigenvalue weighted by atomic mass is 10.0. The SMILES string of the molecule is CC[C@@H]1O[C@]2(C)CC(=O)C[C@H]1O2. The van der Waals surface area contributed by atoms with Gasteiger partial charge in [-0.25, -0.2) is 0 Å². The molecule has 3 heteroatoms. The van der Waals surface area contributed by atoms with E-state index in [1.165, 1.54) is 0 Å². The number of rotatable bonds is 1. The van der Waals surface area contributed by atoms with Gasteiger partial charge in [-0.2, -0.15) is 0 Å². The predicted octanol–water partition coefficient (Wildman–Crippen LogP) is 1.26. The molecule has 0 unspecified atom stereocenters. The molecule has 0 N–H and O–H groups in total. The van der Waals surface area contributed by atoms with Crippen LogP contribution in [0.4, 0.5) is 0 Å². The standard InChI is InChI=1S/C9H14O3/c1-3-7-8-4-6(10)5-9(2,11-7)12-8/h7-8H,3-5H2,1-2H3/t7-,8+,9-/m0/s1. The fourth-order valence-electron chi connectivity index (χ4n) is 2.08. The molecule has 0 amide bonds. The van der Waals surface area contributed by atoms with Gasteiger partial charge in [-0.15, -0.1) is 0 Å². The summed E-state index contributed by atoms with van der Waals surface area (Å²) in [4.78, 5) is 11.2. The Hall–Kier alpha value is -0.410. The van der Waals surface area contributed by atoms with E-state index in [1.807, 2.05) is 6.92 Å². The third kappa shape index (κ3) is 1.17. The number of fused-ring (bicyclic) bond motifs is 2. The van der Waals surface area contributed by atoms with Crippen molar-refractivity contribution in [2.24, 2.45) is 0 Å². The summed E-state index contributed by atoms with van der Waals surface area (Å²) in [5.41, 5.74) is 0. The molecular formula is C9H14O3. The highest BCUT2D eigenvalue weighted by atomic mass is 16.8. The number of carbonyl (C=O) groups is 1. The molecule has 2 rings (SSSR count). The van der Waals surface area contributed by atoms with E-state index in [-0.39, 0.29) is 18.0 Å². The van der Waals surface area contributed by atoms with Crippen LogP contribution in [0.1, 0.15) is 33.1 Å². The number of ether oxygens (including phenoxy) is 2. The Bertz CT molecular complexity index is 214. The van der Waals surface area contributed by atoms with Gasteiger partial charge in [0.15, 0.2) is 5.79 Å². The second-order valence-electron chi connectivity index (χ2n) is 3.77. The molecule has 0 spiro atoms. The Morgan fingerprint density at radius 1 is 1.58 bits per heavy atom. The number of Topliss-reactive ketones (excluding diaryl/α,β-unsaturated/α-hetero) is 1. The van der Waals surface area contributed by atoms with Crippen LogP contribution in [0, 0.1) is 0 Å². The van der Waals surface area contributed by atoms with Crippen molar-refractivity contribution >= 4 is 5.78 Å². The van der Waals surface area contributed by atoms with Crippen molar-refractivity contribution in [1.29, 1.82) is 0 Å². The van der Waals surface area contributed by atoms with Crippen LogP contribution in [-0.2, 0) is 14.3 Å². The van der Waals surface area contributed by atoms with E-state index < -0.39 is 5.79 Å². The summed E-state index contributed by atoms with van der Waals surface area (Å²) in [6.45, 7) is 3.91. The van der Waals surface area contributed by atoms with E-state index >= 15 is 0 Å². The van der Waals surface area contributed by atoms with Crippen molar-refractivity contribution in [3.05, 3.63) is 0 Å². The van der Waals surface area contributed by atoms with E-state index in [2.05, 4.69) is 6.92 Å². The Morgan fingerprint density at radius 3 is 3.00 bits per heavy atom. The maximum Gasteiger partial charge on any atom is 0.173 e. The Kier molecular flexibility index (Phi) is 1.73. The molecule has 0 aromatic rings. The molecule has 12 heavy (non-hydrogen) atoms. The molecule has 2 fully saturated rings. The van der Waals surface area contributed by atoms with Crippen molar-refractivity contribution in [3.8, 4) is 0 Å². The maximum atomic E-state index is 11.2. The van der Waals surface area contributed by atoms with Gasteiger partial charge >= 0.3 is 0 Å². The molecule has 0 aromatic heterocycles. The van der Waals surface area contributed by atoms with Crippen LogP contribution in [0.5, 0.6) is 0 Å². The first-order chi connectivity index (χ1) is 5.63. The predicted molar refractivity (Wildman–Crippen MR) is 42.7 cm³/mol. The Morgan fingerprint density at radius 2 is 2.33 bits per heavy atom. The normalized spacial score (nSPS) is 46.7. The molecule has 2 aliphatic rings. The molecule has 0 radical (unpaired) electrons. The molecule has 2 bridgehead atoms. The van der Waals surface area contributed by atoms with E-state index in [9.17, 15) is 4.79 Å². The molecule has 0 aromatic carbocycles. The van der Waals surface area contributed by atoms with Gasteiger partial charge in [0.05, 0.1) is 18.6 Å². The highest BCUT2D eigenvalue weighted by Gasteiger charge is 2.49. The first-order valence-electron chi connectivity index (χ1n) is 4.50. The minimum atomic E-state index is -0.610. The zero-order valence-corrected chi connectivity index (χ0v) is 7.50. The topological polar surface area (TPSA) is 35.5 Å². The quantitative estimate of drug-likeness (QED) is 0.594. The highest BCUT2D eigenvalue weighted by Crippen LogP contribution is 2.38. The van der Waals surface area contributed by atoms with Gasteiger partial charge in [0.25, 0.3) is 0 Å². The van der Waals surface area contributed by atoms with Gasteiger partial charge < -0.3 is 9.47 Å². The summed E-state index contributed by atoms with van der Waals surface area (Å²) < 4.78 is 11.3. The van der Waals surface area contributed by atoms with E-state index in [4.69, 9.17) is 9.47 Å². The molecule has 0 saturated carbocycles. The fourth-order valence-corrected chi connectivity index (χ4v) is 2.08. The molecule has 3 atom stereocenters. The van der Waals surface area contributed by atoms with E-state index in [1.54, 1.807) is 0 Å². The fraction of sp³-hybridized carbons (Fsp3) is 0.889. The number of hydrogen-bond donors (Lipinski definition) is 0. The van der Waals surface area contributed by atoms with Gasteiger partial charge in [-0.05, 0) is 13.3 Å². The lowest BCUT2D eigenvalue weighted by molar-refractivity contribution is -0.183. The van der Waals surface area contributed by atoms with Crippen molar-refractivity contribution in [2.75, 3.05) is 0 Å². The molecule has 2 heterocycles. The van der Waals surface area contributed by atoms with Crippen LogP contribution in [0.3, 0.4) is 0 Å². The third-order valence-electron chi connectivity index (χ3n) is 2.57. The molecular weight excluding hydrogens is 156 g/mol. The van der Waals surface area contributed by atoms with Gasteiger partial charge in [-0.3, -0.25) is 4.79 Å². The first-order valence-corrected chi connectivity index (χ1v) is 4.50. The van der Waals surface area contributed by atoms with Crippen molar-refractivity contribution < 1.29 is 14.3 Å². The largest absolute Gasteiger partial charge is 0.344 e. The molecule has 68 valence electrons. The minimum Gasteiger partial charge on any atom is -0.344 e. The Labute approximate surface area is 72.0 Å². The Balaban J connectivity index is 2.18. The zero-order chi connectivity index (χ0) is 8.77. The molecule has 2 saturated heterocycles. The summed E-state index contributed by atoms with van der Waals surface area (Å²) in [6, 6.07) is 0.